The van der Waals surface area contributed by atoms with Crippen LogP contribution in [0.2, 0.25) is 0 Å². The summed E-state index contributed by atoms with van der Waals surface area (Å²) in [4.78, 5) is 32.7. The van der Waals surface area contributed by atoms with Crippen LogP contribution in [0.5, 0.6) is 5.75 Å². The number of urea groups is 1. The third kappa shape index (κ3) is 2.20. The number of nitrogens with one attached hydrogen (secondary N) is 1. The number of anilines is 1. The predicted octanol–water partition coefficient (Wildman–Crippen LogP) is 1.75. The van der Waals surface area contributed by atoms with Gasteiger partial charge in [-0.3, -0.25) is 9.69 Å². The van der Waals surface area contributed by atoms with E-state index in [1.165, 1.54) is 11.3 Å². The van der Waals surface area contributed by atoms with Crippen molar-refractivity contribution in [3.05, 3.63) is 17.7 Å². The maximum Gasteiger partial charge on any atom is 0.324 e. The molecule has 1 aromatic heterocycles. The molecule has 7 nitrogen and oxygen atoms in total. The molecule has 2 saturated heterocycles. The molecule has 2 unspecified atom stereocenters. The molecule has 0 spiro atoms. The molecule has 3 amide bonds. The van der Waals surface area contributed by atoms with Gasteiger partial charge in [0.05, 0.1) is 28.9 Å². The standard InChI is InChI=1S/C17H18N4O3S/c1-9(22)20-6-4-11-12(8-20)21(16(23)18-11)17-19-15-10-5-7-24-13(10)2-3-14(15)25-17/h2-3,11-12H,4-8H2,1H3,(H,18,23). The van der Waals surface area contributed by atoms with Crippen molar-refractivity contribution < 1.29 is 14.3 Å². The number of thiazole rings is 1. The molecule has 0 saturated carbocycles. The van der Waals surface area contributed by atoms with Crippen molar-refractivity contribution in [3.8, 4) is 5.75 Å². The second-order valence-electron chi connectivity index (χ2n) is 6.73. The summed E-state index contributed by atoms with van der Waals surface area (Å²) in [6.07, 6.45) is 1.63. The zero-order chi connectivity index (χ0) is 17.1. The van der Waals surface area contributed by atoms with Gasteiger partial charge in [-0.15, -0.1) is 0 Å². The van der Waals surface area contributed by atoms with Gasteiger partial charge in [-0.25, -0.2) is 9.78 Å². The first-order chi connectivity index (χ1) is 12.1. The highest BCUT2D eigenvalue weighted by atomic mass is 32.1. The lowest BCUT2D eigenvalue weighted by molar-refractivity contribution is -0.130. The lowest BCUT2D eigenvalue weighted by Crippen LogP contribution is -2.53. The number of benzene rings is 1. The van der Waals surface area contributed by atoms with Crippen molar-refractivity contribution >= 4 is 38.6 Å². The quantitative estimate of drug-likeness (QED) is 0.843. The molecular weight excluding hydrogens is 340 g/mol. The van der Waals surface area contributed by atoms with Crippen LogP contribution < -0.4 is 15.0 Å². The summed E-state index contributed by atoms with van der Waals surface area (Å²) in [5.74, 6) is 0.950. The van der Waals surface area contributed by atoms with Crippen molar-refractivity contribution in [1.29, 1.82) is 0 Å². The smallest absolute Gasteiger partial charge is 0.324 e. The highest BCUT2D eigenvalue weighted by Crippen LogP contribution is 2.39. The molecule has 2 aromatic rings. The SMILES string of the molecule is CC(=O)N1CCC2NC(=O)N(c3nc4c5c(ccc4s3)OCC5)C2C1. The number of rotatable bonds is 1. The Morgan fingerprint density at radius 2 is 2.32 bits per heavy atom. The van der Waals surface area contributed by atoms with Gasteiger partial charge in [-0.05, 0) is 18.6 Å². The van der Waals surface area contributed by atoms with Crippen LogP contribution in [0.3, 0.4) is 0 Å². The maximum atomic E-state index is 12.6. The highest BCUT2D eigenvalue weighted by Gasteiger charge is 2.45. The lowest BCUT2D eigenvalue weighted by Gasteiger charge is -2.35. The summed E-state index contributed by atoms with van der Waals surface area (Å²) < 4.78 is 6.68. The number of fused-ring (bicyclic) bond motifs is 4. The maximum absolute atomic E-state index is 12.6. The molecule has 3 aliphatic heterocycles. The largest absolute Gasteiger partial charge is 0.493 e. The van der Waals surface area contributed by atoms with E-state index in [1.54, 1.807) is 11.8 Å². The van der Waals surface area contributed by atoms with E-state index in [2.05, 4.69) is 5.32 Å². The van der Waals surface area contributed by atoms with Gasteiger partial charge in [-0.2, -0.15) is 0 Å². The van der Waals surface area contributed by atoms with E-state index in [9.17, 15) is 9.59 Å². The Morgan fingerprint density at radius 1 is 1.44 bits per heavy atom. The molecule has 25 heavy (non-hydrogen) atoms. The molecule has 3 aliphatic rings. The van der Waals surface area contributed by atoms with Crippen LogP contribution in [0.15, 0.2) is 12.1 Å². The average Bonchev–Trinajstić information content (AvgIpc) is 3.28. The number of likely N-dealkylation sites (tertiary alicyclic amines) is 1. The number of amides is 3. The molecule has 4 heterocycles. The minimum atomic E-state index is -0.118. The number of piperidine rings is 1. The van der Waals surface area contributed by atoms with Crippen LogP contribution in [-0.2, 0) is 11.2 Å². The third-order valence-corrected chi connectivity index (χ3v) is 6.33. The zero-order valence-corrected chi connectivity index (χ0v) is 14.6. The molecular formula is C17H18N4O3S. The number of carbonyl (C=O) groups excluding carboxylic acids is 2. The van der Waals surface area contributed by atoms with Gasteiger partial charge < -0.3 is 15.0 Å². The monoisotopic (exact) mass is 358 g/mol. The molecule has 5 rings (SSSR count). The van der Waals surface area contributed by atoms with E-state index in [0.29, 0.717) is 24.8 Å². The van der Waals surface area contributed by atoms with Gasteiger partial charge >= 0.3 is 6.03 Å². The van der Waals surface area contributed by atoms with Crippen LogP contribution >= 0.6 is 11.3 Å². The highest BCUT2D eigenvalue weighted by molar-refractivity contribution is 7.22. The van der Waals surface area contributed by atoms with E-state index in [-0.39, 0.29) is 24.0 Å². The van der Waals surface area contributed by atoms with Crippen LogP contribution in [0.4, 0.5) is 9.93 Å². The first kappa shape index (κ1) is 14.9. The minimum Gasteiger partial charge on any atom is -0.493 e. The van der Waals surface area contributed by atoms with Crippen molar-refractivity contribution in [3.63, 3.8) is 0 Å². The molecule has 8 heteroatoms. The number of carbonyl (C=O) groups is 2. The molecule has 130 valence electrons. The average molecular weight is 358 g/mol. The van der Waals surface area contributed by atoms with E-state index in [1.807, 2.05) is 17.0 Å². The van der Waals surface area contributed by atoms with E-state index in [0.717, 1.165) is 34.4 Å². The Balaban J connectivity index is 1.54. The molecule has 0 bridgehead atoms. The lowest BCUT2D eigenvalue weighted by atomic mass is 10.0. The van der Waals surface area contributed by atoms with Crippen LogP contribution in [0.1, 0.15) is 18.9 Å². The number of nitrogens with zero attached hydrogens (tertiary/aromatic N) is 3. The van der Waals surface area contributed by atoms with Crippen LogP contribution in [0, 0.1) is 0 Å². The van der Waals surface area contributed by atoms with Crippen molar-refractivity contribution in [2.45, 2.75) is 31.8 Å². The van der Waals surface area contributed by atoms with E-state index >= 15 is 0 Å². The second kappa shape index (κ2) is 5.32. The summed E-state index contributed by atoms with van der Waals surface area (Å²) in [7, 11) is 0. The zero-order valence-electron chi connectivity index (χ0n) is 13.8. The van der Waals surface area contributed by atoms with Gasteiger partial charge in [0.1, 0.15) is 5.75 Å². The Morgan fingerprint density at radius 3 is 3.16 bits per heavy atom. The number of ether oxygens (including phenoxy) is 1. The van der Waals surface area contributed by atoms with Crippen LogP contribution in [0.25, 0.3) is 10.2 Å². The number of aromatic nitrogens is 1. The molecule has 2 atom stereocenters. The van der Waals surface area contributed by atoms with E-state index in [4.69, 9.17) is 9.72 Å². The van der Waals surface area contributed by atoms with Crippen molar-refractivity contribution in [1.82, 2.24) is 15.2 Å². The summed E-state index contributed by atoms with van der Waals surface area (Å²) in [5, 5.41) is 3.75. The summed E-state index contributed by atoms with van der Waals surface area (Å²) in [6, 6.07) is 3.89. The Bertz CT molecular complexity index is 895. The van der Waals surface area contributed by atoms with Gasteiger partial charge in [0.2, 0.25) is 5.91 Å². The molecule has 2 fully saturated rings. The normalized spacial score (nSPS) is 24.9. The fourth-order valence-electron chi connectivity index (χ4n) is 4.02. The van der Waals surface area contributed by atoms with Crippen molar-refractivity contribution in [2.24, 2.45) is 0 Å². The fraction of sp³-hybridized carbons (Fsp3) is 0.471. The molecule has 0 radical (unpaired) electrons. The van der Waals surface area contributed by atoms with Gasteiger partial charge in [0.15, 0.2) is 5.13 Å². The fourth-order valence-corrected chi connectivity index (χ4v) is 5.07. The Hall–Kier alpha value is -2.35. The first-order valence-corrected chi connectivity index (χ1v) is 9.34. The van der Waals surface area contributed by atoms with Gasteiger partial charge in [0.25, 0.3) is 0 Å². The number of hydrogen-bond donors (Lipinski definition) is 1. The van der Waals surface area contributed by atoms with Gasteiger partial charge in [0, 0.05) is 32.0 Å². The third-order valence-electron chi connectivity index (χ3n) is 5.31. The van der Waals surface area contributed by atoms with E-state index < -0.39 is 0 Å². The summed E-state index contributed by atoms with van der Waals surface area (Å²) in [5.41, 5.74) is 2.07. The van der Waals surface area contributed by atoms with Gasteiger partial charge in [-0.1, -0.05) is 11.3 Å². The molecule has 1 N–H and O–H groups in total. The van der Waals surface area contributed by atoms with Crippen LogP contribution in [-0.4, -0.2) is 53.6 Å². The van der Waals surface area contributed by atoms with Crippen molar-refractivity contribution in [2.75, 3.05) is 24.6 Å². The topological polar surface area (TPSA) is 74.8 Å². The first-order valence-electron chi connectivity index (χ1n) is 8.52. The minimum absolute atomic E-state index is 0.0528. The Labute approximate surface area is 148 Å². The summed E-state index contributed by atoms with van der Waals surface area (Å²) >= 11 is 1.52. The molecule has 0 aliphatic carbocycles. The summed E-state index contributed by atoms with van der Waals surface area (Å²) in [6.45, 7) is 3.50. The Kier molecular flexibility index (Phi) is 3.18. The predicted molar refractivity (Wildman–Crippen MR) is 94.3 cm³/mol. The number of hydrogen-bond acceptors (Lipinski definition) is 5. The second-order valence-corrected chi connectivity index (χ2v) is 7.74. The molecule has 1 aromatic carbocycles.